The predicted octanol–water partition coefficient (Wildman–Crippen LogP) is 6.61. The Hall–Kier alpha value is -3.43. The monoisotopic (exact) mass is 491 g/mol. The number of phenols is 1. The number of nitroso groups, excluding NO2 is 1. The molecular formula is C25H25F4N3O3. The molecule has 0 saturated heterocycles. The third-order valence-corrected chi connectivity index (χ3v) is 6.92. The molecule has 0 saturated carbocycles. The molecule has 186 valence electrons. The molecular weight excluding hydrogens is 466 g/mol. The lowest BCUT2D eigenvalue weighted by Gasteiger charge is -2.45. The van der Waals surface area contributed by atoms with Crippen molar-refractivity contribution in [3.63, 3.8) is 0 Å². The third-order valence-electron chi connectivity index (χ3n) is 6.92. The summed E-state index contributed by atoms with van der Waals surface area (Å²) in [6, 6.07) is 6.10. The molecule has 1 aromatic heterocycles. The quantitative estimate of drug-likeness (QED) is 0.276. The largest absolute Gasteiger partial charge is 0.508 e. The van der Waals surface area contributed by atoms with Crippen LogP contribution in [-0.2, 0) is 0 Å². The van der Waals surface area contributed by atoms with E-state index in [2.05, 4.69) is 15.5 Å². The lowest BCUT2D eigenvalue weighted by atomic mass is 9.67. The minimum atomic E-state index is -5.02. The van der Waals surface area contributed by atoms with Crippen molar-refractivity contribution in [2.24, 2.45) is 5.18 Å². The fourth-order valence-corrected chi connectivity index (χ4v) is 5.02. The van der Waals surface area contributed by atoms with E-state index in [1.54, 1.807) is 13.0 Å². The second-order valence-corrected chi connectivity index (χ2v) is 9.30. The molecule has 35 heavy (non-hydrogen) atoms. The maximum atomic E-state index is 14.6. The van der Waals surface area contributed by atoms with Gasteiger partial charge in [-0.05, 0) is 60.1 Å². The van der Waals surface area contributed by atoms with Gasteiger partial charge in [-0.3, -0.25) is 4.79 Å². The van der Waals surface area contributed by atoms with Crippen LogP contribution in [0.4, 0.5) is 23.2 Å². The van der Waals surface area contributed by atoms with E-state index in [1.165, 1.54) is 18.2 Å². The van der Waals surface area contributed by atoms with Gasteiger partial charge in [-0.2, -0.15) is 13.2 Å². The Kier molecular flexibility index (Phi) is 6.11. The molecule has 0 aliphatic heterocycles. The molecule has 0 spiro atoms. The number of benzene rings is 2. The van der Waals surface area contributed by atoms with Gasteiger partial charge in [0.15, 0.2) is 0 Å². The molecule has 3 aromatic rings. The van der Waals surface area contributed by atoms with Crippen molar-refractivity contribution in [2.75, 3.05) is 5.32 Å². The van der Waals surface area contributed by atoms with Crippen molar-refractivity contribution in [3.05, 3.63) is 74.2 Å². The van der Waals surface area contributed by atoms with Crippen LogP contribution in [-0.4, -0.2) is 21.8 Å². The maximum absolute atomic E-state index is 14.6. The molecule has 0 amide bonds. The summed E-state index contributed by atoms with van der Waals surface area (Å²) in [5.74, 6) is -1.77. The van der Waals surface area contributed by atoms with Crippen LogP contribution in [0, 0.1) is 10.7 Å². The van der Waals surface area contributed by atoms with Gasteiger partial charge in [-0.1, -0.05) is 32.0 Å². The van der Waals surface area contributed by atoms with Crippen molar-refractivity contribution >= 4 is 16.6 Å². The van der Waals surface area contributed by atoms with Crippen molar-refractivity contribution in [1.82, 2.24) is 4.98 Å². The highest BCUT2D eigenvalue weighted by molar-refractivity contribution is 5.91. The van der Waals surface area contributed by atoms with E-state index in [1.807, 2.05) is 13.8 Å². The minimum absolute atomic E-state index is 0.0789. The molecule has 0 radical (unpaired) electrons. The SMILES string of the molecule is CC[C@H]1C[C@](N=O)(C(F)(F)F)[C@@H](Nc2ccc(F)c3[nH]c(=O)ccc23)c2cc(C(C)C)cc(O)c21. The first kappa shape index (κ1) is 24.7. The molecule has 0 bridgehead atoms. The summed E-state index contributed by atoms with van der Waals surface area (Å²) >= 11 is 0. The summed E-state index contributed by atoms with van der Waals surface area (Å²) in [6.45, 7) is 5.36. The minimum Gasteiger partial charge on any atom is -0.508 e. The molecule has 4 rings (SSSR count). The molecule has 1 aliphatic rings. The molecule has 10 heteroatoms. The summed E-state index contributed by atoms with van der Waals surface area (Å²) in [5, 5.41) is 16.5. The Bertz CT molecular complexity index is 1350. The Labute approximate surface area is 198 Å². The first-order valence-electron chi connectivity index (χ1n) is 11.3. The zero-order valence-corrected chi connectivity index (χ0v) is 19.3. The molecule has 0 fully saturated rings. The average molecular weight is 491 g/mol. The summed E-state index contributed by atoms with van der Waals surface area (Å²) in [6.07, 6.45) is -5.43. The number of pyridine rings is 1. The number of aromatic hydroxyl groups is 1. The number of phenolic OH excluding ortho intramolecular Hbond substituents is 1. The van der Waals surface area contributed by atoms with Crippen molar-refractivity contribution in [3.8, 4) is 5.75 Å². The first-order chi connectivity index (χ1) is 16.4. The van der Waals surface area contributed by atoms with E-state index in [9.17, 15) is 32.4 Å². The number of alkyl halides is 3. The number of nitrogens with one attached hydrogen (secondary N) is 2. The number of aromatic amines is 1. The first-order valence-corrected chi connectivity index (χ1v) is 11.3. The summed E-state index contributed by atoms with van der Waals surface area (Å²) < 4.78 is 58.3. The van der Waals surface area contributed by atoms with Gasteiger partial charge < -0.3 is 15.4 Å². The molecule has 0 unspecified atom stereocenters. The van der Waals surface area contributed by atoms with Crippen LogP contribution in [0.2, 0.25) is 0 Å². The summed E-state index contributed by atoms with van der Waals surface area (Å²) in [7, 11) is 0. The van der Waals surface area contributed by atoms with Crippen LogP contribution in [0.15, 0.2) is 46.4 Å². The Morgan fingerprint density at radius 3 is 2.54 bits per heavy atom. The molecule has 3 N–H and O–H groups in total. The van der Waals surface area contributed by atoms with E-state index in [0.717, 1.165) is 12.1 Å². The standard InChI is InChI=1S/C25H25F4N3O3/c1-4-13-11-24(32-35,25(27,28)29)23(16-9-14(12(2)3)10-19(33)21(13)16)30-18-7-6-17(26)22-15(18)5-8-20(34)31-22/h5-10,12-13,23,30,33H,4,11H2,1-3H3,(H,31,34)/t13-,23-,24+/m0/s1. The molecule has 1 aliphatic carbocycles. The van der Waals surface area contributed by atoms with Gasteiger partial charge in [0.05, 0.1) is 11.6 Å². The van der Waals surface area contributed by atoms with E-state index in [-0.39, 0.29) is 40.2 Å². The van der Waals surface area contributed by atoms with Gasteiger partial charge in [0.1, 0.15) is 11.6 Å². The zero-order valence-electron chi connectivity index (χ0n) is 19.3. The number of anilines is 1. The van der Waals surface area contributed by atoms with Gasteiger partial charge in [0.2, 0.25) is 11.1 Å². The number of aromatic nitrogens is 1. The van der Waals surface area contributed by atoms with Crippen LogP contribution in [0.25, 0.3) is 10.9 Å². The second-order valence-electron chi connectivity index (χ2n) is 9.30. The average Bonchev–Trinajstić information content (AvgIpc) is 2.80. The van der Waals surface area contributed by atoms with E-state index < -0.39 is 41.5 Å². The highest BCUT2D eigenvalue weighted by Crippen LogP contribution is 2.57. The van der Waals surface area contributed by atoms with Crippen molar-refractivity contribution in [1.29, 1.82) is 0 Å². The third kappa shape index (κ3) is 3.94. The molecule has 2 aromatic carbocycles. The highest BCUT2D eigenvalue weighted by atomic mass is 19.4. The smallest absolute Gasteiger partial charge is 0.419 e. The van der Waals surface area contributed by atoms with Crippen LogP contribution in [0.5, 0.6) is 5.75 Å². The Morgan fingerprint density at radius 2 is 1.94 bits per heavy atom. The molecule has 3 atom stereocenters. The van der Waals surface area contributed by atoms with Gasteiger partial charge in [0, 0.05) is 22.7 Å². The number of H-pyrrole nitrogens is 1. The topological polar surface area (TPSA) is 94.5 Å². The van der Waals surface area contributed by atoms with Crippen LogP contribution >= 0.6 is 0 Å². The van der Waals surface area contributed by atoms with Gasteiger partial charge in [-0.15, -0.1) is 4.91 Å². The maximum Gasteiger partial charge on any atom is 0.419 e. The number of hydrogen-bond donors (Lipinski definition) is 3. The van der Waals surface area contributed by atoms with Crippen molar-refractivity contribution in [2.45, 2.75) is 63.2 Å². The highest BCUT2D eigenvalue weighted by Gasteiger charge is 2.65. The predicted molar refractivity (Wildman–Crippen MR) is 125 cm³/mol. The van der Waals surface area contributed by atoms with E-state index in [4.69, 9.17) is 0 Å². The molecule has 6 nitrogen and oxygen atoms in total. The van der Waals surface area contributed by atoms with E-state index >= 15 is 0 Å². The van der Waals surface area contributed by atoms with Gasteiger partial charge >= 0.3 is 6.18 Å². The van der Waals surface area contributed by atoms with Crippen LogP contribution < -0.4 is 10.9 Å². The molecule has 1 heterocycles. The normalized spacial score (nSPS) is 22.3. The fraction of sp³-hybridized carbons (Fsp3) is 0.400. The lowest BCUT2D eigenvalue weighted by molar-refractivity contribution is -0.195. The number of nitrogens with zero attached hydrogens (tertiary/aromatic N) is 1. The van der Waals surface area contributed by atoms with Crippen LogP contribution in [0.3, 0.4) is 0 Å². The van der Waals surface area contributed by atoms with Gasteiger partial charge in [-0.25, -0.2) is 4.39 Å². The van der Waals surface area contributed by atoms with Crippen LogP contribution in [0.1, 0.15) is 68.2 Å². The summed E-state index contributed by atoms with van der Waals surface area (Å²) in [5.41, 5.74) is -2.68. The number of rotatable bonds is 5. The second kappa shape index (κ2) is 8.66. The van der Waals surface area contributed by atoms with Crippen molar-refractivity contribution < 1.29 is 22.7 Å². The number of fused-ring (bicyclic) bond motifs is 2. The van der Waals surface area contributed by atoms with Gasteiger partial charge in [0.25, 0.3) is 0 Å². The summed E-state index contributed by atoms with van der Waals surface area (Å²) in [4.78, 5) is 26.2. The number of hydrogen-bond acceptors (Lipinski definition) is 5. The Morgan fingerprint density at radius 1 is 1.23 bits per heavy atom. The zero-order chi connectivity index (χ0) is 25.7. The fourth-order valence-electron chi connectivity index (χ4n) is 5.02. The number of halogens is 4. The van der Waals surface area contributed by atoms with E-state index in [0.29, 0.717) is 11.1 Å². The Balaban J connectivity index is 2.02. The lowest BCUT2D eigenvalue weighted by Crippen LogP contribution is -2.54.